The Kier molecular flexibility index (Phi) is 5.20. The van der Waals surface area contributed by atoms with E-state index in [9.17, 15) is 30.2 Å². The van der Waals surface area contributed by atoms with Crippen LogP contribution in [0.5, 0.6) is 11.5 Å². The Balaban J connectivity index is 2.07. The zero-order valence-corrected chi connectivity index (χ0v) is 13.0. The van der Waals surface area contributed by atoms with Gasteiger partial charge in [0.05, 0.1) is 12.0 Å². The third-order valence-electron chi connectivity index (χ3n) is 3.34. The zero-order chi connectivity index (χ0) is 18.6. The Morgan fingerprint density at radius 3 is 2.76 bits per heavy atom. The topological polar surface area (TPSA) is 139 Å². The fourth-order valence-corrected chi connectivity index (χ4v) is 2.01. The molecule has 132 valence electrons. The number of ether oxygens (including phenoxy) is 2. The van der Waals surface area contributed by atoms with Gasteiger partial charge >= 0.3 is 5.97 Å². The van der Waals surface area contributed by atoms with Crippen LogP contribution in [-0.4, -0.2) is 45.2 Å². The highest BCUT2D eigenvalue weighted by Crippen LogP contribution is 2.27. The number of methoxy groups -OCH3 is 1. The molecule has 1 aromatic carbocycles. The number of phenolic OH excluding ortho intramolecular Hbond substituents is 1. The third-order valence-corrected chi connectivity index (χ3v) is 3.34. The minimum Gasteiger partial charge on any atom is -0.504 e. The first kappa shape index (κ1) is 18.2. The molecule has 0 heterocycles. The fraction of sp³-hybridized carbons (Fsp3) is 0.188. The van der Waals surface area contributed by atoms with Gasteiger partial charge in [0.1, 0.15) is 6.10 Å². The summed E-state index contributed by atoms with van der Waals surface area (Å²) >= 11 is 0. The maximum atomic E-state index is 11.8. The van der Waals surface area contributed by atoms with Gasteiger partial charge in [-0.2, -0.15) is 0 Å². The molecule has 0 radical (unpaired) electrons. The van der Waals surface area contributed by atoms with Gasteiger partial charge in [0, 0.05) is 18.2 Å². The number of carbonyl (C=O) groups is 1. The van der Waals surface area contributed by atoms with Gasteiger partial charge in [0.2, 0.25) is 0 Å². The van der Waals surface area contributed by atoms with E-state index in [1.54, 1.807) is 0 Å². The summed E-state index contributed by atoms with van der Waals surface area (Å²) in [4.78, 5) is 21.7. The number of hydrogen-bond donors (Lipinski definition) is 3. The molecule has 2 atom stereocenters. The van der Waals surface area contributed by atoms with Gasteiger partial charge in [-0.3, -0.25) is 10.1 Å². The van der Waals surface area contributed by atoms with Gasteiger partial charge in [0.15, 0.2) is 11.5 Å². The number of rotatable bonds is 5. The lowest BCUT2D eigenvalue weighted by molar-refractivity contribution is -0.420. The minimum atomic E-state index is -2.41. The highest BCUT2D eigenvalue weighted by molar-refractivity contribution is 5.87. The molecule has 9 nitrogen and oxygen atoms in total. The summed E-state index contributed by atoms with van der Waals surface area (Å²) in [5, 5.41) is 39.9. The van der Waals surface area contributed by atoms with Crippen LogP contribution >= 0.6 is 0 Å². The second kappa shape index (κ2) is 7.16. The predicted octanol–water partition coefficient (Wildman–Crippen LogP) is 0.737. The van der Waals surface area contributed by atoms with Crippen LogP contribution < -0.4 is 4.74 Å². The van der Waals surface area contributed by atoms with E-state index in [1.807, 2.05) is 0 Å². The van der Waals surface area contributed by atoms with Crippen LogP contribution in [0, 0.1) is 10.1 Å². The molecule has 3 N–H and O–H groups in total. The molecule has 0 aliphatic heterocycles. The summed E-state index contributed by atoms with van der Waals surface area (Å²) in [5.41, 5.74) is 0.0776. The number of phenols is 1. The molecule has 2 rings (SSSR count). The normalized spacial score (nSPS) is 22.5. The lowest BCUT2D eigenvalue weighted by atomic mass is 10.0. The van der Waals surface area contributed by atoms with E-state index in [0.717, 1.165) is 24.3 Å². The van der Waals surface area contributed by atoms with E-state index in [1.165, 1.54) is 31.4 Å². The van der Waals surface area contributed by atoms with Crippen molar-refractivity contribution in [3.8, 4) is 11.5 Å². The number of aliphatic hydroxyl groups is 2. The molecule has 1 aliphatic rings. The third kappa shape index (κ3) is 4.22. The number of aromatic hydroxyl groups is 1. The zero-order valence-electron chi connectivity index (χ0n) is 13.0. The molecule has 2 unspecified atom stereocenters. The highest BCUT2D eigenvalue weighted by atomic mass is 16.7. The average Bonchev–Trinajstić information content (AvgIpc) is 2.56. The van der Waals surface area contributed by atoms with Crippen molar-refractivity contribution >= 4 is 12.0 Å². The van der Waals surface area contributed by atoms with Crippen molar-refractivity contribution in [3.63, 3.8) is 0 Å². The summed E-state index contributed by atoms with van der Waals surface area (Å²) in [6.07, 6.45) is 3.05. The Hall–Kier alpha value is -3.17. The van der Waals surface area contributed by atoms with Crippen molar-refractivity contribution in [1.29, 1.82) is 0 Å². The number of carbonyl (C=O) groups excluding carboxylic acids is 1. The molecule has 1 aliphatic carbocycles. The summed E-state index contributed by atoms with van der Waals surface area (Å²) in [7, 11) is 1.37. The van der Waals surface area contributed by atoms with Gasteiger partial charge in [0.25, 0.3) is 11.5 Å². The number of allylic oxidation sites excluding steroid dienone is 1. The van der Waals surface area contributed by atoms with Gasteiger partial charge in [-0.25, -0.2) is 4.79 Å². The Labute approximate surface area is 141 Å². The highest BCUT2D eigenvalue weighted by Gasteiger charge is 2.40. The summed E-state index contributed by atoms with van der Waals surface area (Å²) in [6.45, 7) is 0. The van der Waals surface area contributed by atoms with E-state index in [4.69, 9.17) is 9.47 Å². The molecule has 25 heavy (non-hydrogen) atoms. The summed E-state index contributed by atoms with van der Waals surface area (Å²) in [5.74, 6) is -3.26. The quantitative estimate of drug-likeness (QED) is 0.232. The van der Waals surface area contributed by atoms with Crippen LogP contribution in [-0.2, 0) is 9.53 Å². The molecular formula is C16H15NO8. The lowest BCUT2D eigenvalue weighted by Gasteiger charge is -2.28. The van der Waals surface area contributed by atoms with Crippen molar-refractivity contribution in [3.05, 3.63) is 63.9 Å². The van der Waals surface area contributed by atoms with Crippen LogP contribution in [0.25, 0.3) is 6.08 Å². The number of hydrogen-bond acceptors (Lipinski definition) is 8. The molecule has 0 aromatic heterocycles. The van der Waals surface area contributed by atoms with Crippen molar-refractivity contribution in [2.24, 2.45) is 0 Å². The first-order valence-corrected chi connectivity index (χ1v) is 6.99. The maximum Gasteiger partial charge on any atom is 0.333 e. The number of benzene rings is 1. The van der Waals surface area contributed by atoms with Gasteiger partial charge < -0.3 is 24.8 Å². The van der Waals surface area contributed by atoms with Crippen LogP contribution in [0.3, 0.4) is 0 Å². The smallest absolute Gasteiger partial charge is 0.333 e. The maximum absolute atomic E-state index is 11.8. The van der Waals surface area contributed by atoms with Gasteiger partial charge in [-0.15, -0.1) is 0 Å². The van der Waals surface area contributed by atoms with Crippen LogP contribution in [0.2, 0.25) is 0 Å². The van der Waals surface area contributed by atoms with E-state index >= 15 is 0 Å². The van der Waals surface area contributed by atoms with Gasteiger partial charge in [-0.05, 0) is 29.8 Å². The average molecular weight is 349 g/mol. The number of nitro groups is 1. The van der Waals surface area contributed by atoms with Crippen molar-refractivity contribution in [2.75, 3.05) is 7.11 Å². The standard InChI is InChI=1S/C16H15NO8/c1-24-13-8-10(2-4-12(13)18)3-5-15(20)25-16(21)7-6-11(17(22)23)9-14(16)19/h2-9,14,18-19,21H,1H3/b5-3+. The monoisotopic (exact) mass is 349 g/mol. The molecule has 0 spiro atoms. The molecular weight excluding hydrogens is 334 g/mol. The second-order valence-electron chi connectivity index (χ2n) is 5.06. The van der Waals surface area contributed by atoms with Crippen molar-refractivity contribution < 1.29 is 34.5 Å². The second-order valence-corrected chi connectivity index (χ2v) is 5.06. The SMILES string of the molecule is COc1cc(/C=C/C(=O)OC2(O)C=CC([N+](=O)[O-])=CC2O)ccc1O. The largest absolute Gasteiger partial charge is 0.504 e. The van der Waals surface area contributed by atoms with Gasteiger partial charge in [-0.1, -0.05) is 6.07 Å². The Morgan fingerprint density at radius 1 is 1.44 bits per heavy atom. The Bertz CT molecular complexity index is 782. The van der Waals surface area contributed by atoms with E-state index in [2.05, 4.69) is 0 Å². The van der Waals surface area contributed by atoms with E-state index in [-0.39, 0.29) is 11.5 Å². The number of aliphatic hydroxyl groups excluding tert-OH is 1. The molecule has 0 bridgehead atoms. The Morgan fingerprint density at radius 2 is 2.16 bits per heavy atom. The molecule has 9 heteroatoms. The molecule has 0 saturated carbocycles. The number of esters is 1. The van der Waals surface area contributed by atoms with E-state index < -0.39 is 28.5 Å². The molecule has 0 saturated heterocycles. The van der Waals surface area contributed by atoms with Crippen LogP contribution in [0.4, 0.5) is 0 Å². The first-order valence-electron chi connectivity index (χ1n) is 6.99. The fourth-order valence-electron chi connectivity index (χ4n) is 2.01. The van der Waals surface area contributed by atoms with Crippen molar-refractivity contribution in [2.45, 2.75) is 11.9 Å². The molecule has 0 amide bonds. The van der Waals surface area contributed by atoms with Crippen LogP contribution in [0.1, 0.15) is 5.56 Å². The van der Waals surface area contributed by atoms with Crippen molar-refractivity contribution in [1.82, 2.24) is 0 Å². The predicted molar refractivity (Wildman–Crippen MR) is 85.0 cm³/mol. The number of nitrogens with zero attached hydrogens (tertiary/aromatic N) is 1. The molecule has 0 fully saturated rings. The lowest BCUT2D eigenvalue weighted by Crippen LogP contribution is -2.45. The van der Waals surface area contributed by atoms with E-state index in [0.29, 0.717) is 5.56 Å². The molecule has 1 aromatic rings. The minimum absolute atomic E-state index is 0.0691. The first-order chi connectivity index (χ1) is 11.7. The summed E-state index contributed by atoms with van der Waals surface area (Å²) in [6, 6.07) is 4.35. The summed E-state index contributed by atoms with van der Waals surface area (Å²) < 4.78 is 9.70. The van der Waals surface area contributed by atoms with Crippen LogP contribution in [0.15, 0.2) is 48.2 Å².